The Hall–Kier alpha value is -0.690. The van der Waals surface area contributed by atoms with E-state index < -0.39 is 14.6 Å². The minimum Gasteiger partial charge on any atom is -0.307 e. The quantitative estimate of drug-likeness (QED) is 0.837. The number of hydrogen-bond acceptors (Lipinski definition) is 5. The van der Waals surface area contributed by atoms with Crippen molar-refractivity contribution in [1.29, 1.82) is 0 Å². The number of rotatable bonds is 7. The van der Waals surface area contributed by atoms with Crippen molar-refractivity contribution in [3.8, 4) is 0 Å². The third-order valence-electron chi connectivity index (χ3n) is 3.65. The van der Waals surface area contributed by atoms with E-state index in [0.29, 0.717) is 6.54 Å². The molecule has 0 aliphatic rings. The lowest BCUT2D eigenvalue weighted by Crippen LogP contribution is -2.43. The molecule has 116 valence electrons. The molecule has 6 heteroatoms. The molecule has 0 radical (unpaired) electrons. The fourth-order valence-corrected chi connectivity index (χ4v) is 3.79. The van der Waals surface area contributed by atoms with Gasteiger partial charge in [-0.15, -0.1) is 22.7 Å². The molecule has 0 aliphatic heterocycles. The fourth-order valence-electron chi connectivity index (χ4n) is 1.89. The normalized spacial score (nSPS) is 14.2. The lowest BCUT2D eigenvalue weighted by molar-refractivity contribution is 0.475. The average molecular weight is 344 g/mol. The Morgan fingerprint density at radius 1 is 1.19 bits per heavy atom. The van der Waals surface area contributed by atoms with Crippen molar-refractivity contribution in [2.75, 3.05) is 12.8 Å². The zero-order valence-corrected chi connectivity index (χ0v) is 14.9. The lowest BCUT2D eigenvalue weighted by Gasteiger charge is -2.26. The molecule has 1 atom stereocenters. The monoisotopic (exact) mass is 343 g/mol. The molecule has 21 heavy (non-hydrogen) atoms. The first-order valence-corrected chi connectivity index (χ1v) is 10.4. The van der Waals surface area contributed by atoms with Gasteiger partial charge in [-0.25, -0.2) is 8.42 Å². The summed E-state index contributed by atoms with van der Waals surface area (Å²) in [6.07, 6.45) is 2.19. The molecule has 2 aromatic heterocycles. The highest BCUT2D eigenvalue weighted by molar-refractivity contribution is 7.92. The van der Waals surface area contributed by atoms with Crippen LogP contribution < -0.4 is 5.32 Å². The van der Waals surface area contributed by atoms with E-state index in [1.807, 2.05) is 12.1 Å². The predicted octanol–water partition coefficient (Wildman–Crippen LogP) is 3.51. The third kappa shape index (κ3) is 4.39. The van der Waals surface area contributed by atoms with Crippen molar-refractivity contribution in [2.45, 2.75) is 31.1 Å². The highest BCUT2D eigenvalue weighted by Crippen LogP contribution is 2.26. The Balaban J connectivity index is 2.10. The summed E-state index contributed by atoms with van der Waals surface area (Å²) in [5.74, 6) is 0. The van der Waals surface area contributed by atoms with Crippen molar-refractivity contribution in [3.63, 3.8) is 0 Å². The summed E-state index contributed by atoms with van der Waals surface area (Å²) in [5, 5.41) is 7.57. The van der Waals surface area contributed by atoms with Gasteiger partial charge in [-0.05, 0) is 36.7 Å². The fraction of sp³-hybridized carbons (Fsp3) is 0.467. The molecule has 0 aromatic carbocycles. The second-order valence-corrected chi connectivity index (χ2v) is 10.4. The van der Waals surface area contributed by atoms with Crippen LogP contribution in [0.3, 0.4) is 0 Å². The van der Waals surface area contributed by atoms with Crippen molar-refractivity contribution in [3.05, 3.63) is 44.8 Å². The van der Waals surface area contributed by atoms with Crippen LogP contribution in [-0.4, -0.2) is 26.0 Å². The van der Waals surface area contributed by atoms with Gasteiger partial charge in [-0.3, -0.25) is 0 Å². The van der Waals surface area contributed by atoms with E-state index in [0.717, 1.165) is 6.42 Å². The molecular weight excluding hydrogens is 322 g/mol. The van der Waals surface area contributed by atoms with Gasteiger partial charge in [-0.1, -0.05) is 12.1 Å². The molecule has 2 aromatic rings. The largest absolute Gasteiger partial charge is 0.307 e. The van der Waals surface area contributed by atoms with E-state index in [9.17, 15) is 8.42 Å². The molecule has 0 saturated carbocycles. The van der Waals surface area contributed by atoms with Crippen LogP contribution >= 0.6 is 22.7 Å². The molecule has 1 unspecified atom stereocenters. The van der Waals surface area contributed by atoms with Gasteiger partial charge in [0.25, 0.3) is 0 Å². The van der Waals surface area contributed by atoms with Gasteiger partial charge in [0.15, 0.2) is 9.84 Å². The van der Waals surface area contributed by atoms with Gasteiger partial charge in [0, 0.05) is 35.0 Å². The maximum Gasteiger partial charge on any atom is 0.153 e. The molecule has 3 nitrogen and oxygen atoms in total. The van der Waals surface area contributed by atoms with Crippen LogP contribution in [0.15, 0.2) is 35.0 Å². The molecule has 0 aliphatic carbocycles. The topological polar surface area (TPSA) is 46.2 Å². The number of nitrogens with one attached hydrogen (secondary N) is 1. The minimum atomic E-state index is -3.09. The summed E-state index contributed by atoms with van der Waals surface area (Å²) in [5.41, 5.74) is 0. The summed E-state index contributed by atoms with van der Waals surface area (Å²) >= 11 is 3.44. The van der Waals surface area contributed by atoms with E-state index in [-0.39, 0.29) is 6.04 Å². The third-order valence-corrected chi connectivity index (χ3v) is 7.69. The Kier molecular flexibility index (Phi) is 5.24. The van der Waals surface area contributed by atoms with Crippen molar-refractivity contribution < 1.29 is 8.42 Å². The van der Waals surface area contributed by atoms with Crippen molar-refractivity contribution in [2.24, 2.45) is 0 Å². The van der Waals surface area contributed by atoms with E-state index >= 15 is 0 Å². The molecule has 0 spiro atoms. The second kappa shape index (κ2) is 6.60. The summed E-state index contributed by atoms with van der Waals surface area (Å²) in [7, 11) is -3.09. The molecular formula is C15H21NO2S3. The average Bonchev–Trinajstić information content (AvgIpc) is 3.05. The van der Waals surface area contributed by atoms with Crippen LogP contribution in [0, 0.1) is 0 Å². The Morgan fingerprint density at radius 3 is 2.38 bits per heavy atom. The van der Waals surface area contributed by atoms with Crippen LogP contribution in [0.2, 0.25) is 0 Å². The summed E-state index contributed by atoms with van der Waals surface area (Å²) in [6.45, 7) is 3.98. The van der Waals surface area contributed by atoms with E-state index in [1.54, 1.807) is 36.5 Å². The smallest absolute Gasteiger partial charge is 0.153 e. The van der Waals surface area contributed by atoms with Gasteiger partial charge in [0.05, 0.1) is 4.75 Å². The number of sulfone groups is 1. The zero-order valence-electron chi connectivity index (χ0n) is 12.5. The van der Waals surface area contributed by atoms with Crippen LogP contribution in [0.4, 0.5) is 0 Å². The van der Waals surface area contributed by atoms with Gasteiger partial charge < -0.3 is 5.32 Å². The standard InChI is InChI=1S/C15H21NO2S3/c1-15(2,21(3,17)18)11-16-13(14-7-5-9-20-14)10-12-6-4-8-19-12/h4-9,13,16H,10-11H2,1-3H3. The molecule has 0 amide bonds. The molecule has 0 saturated heterocycles. The number of hydrogen-bond donors (Lipinski definition) is 1. The molecule has 0 fully saturated rings. The molecule has 2 rings (SSSR count). The molecule has 0 bridgehead atoms. The molecule has 2 heterocycles. The van der Waals surface area contributed by atoms with E-state index in [1.165, 1.54) is 16.0 Å². The summed E-state index contributed by atoms with van der Waals surface area (Å²) in [6, 6.07) is 8.46. The maximum absolute atomic E-state index is 11.8. The van der Waals surface area contributed by atoms with Crippen molar-refractivity contribution in [1.82, 2.24) is 5.32 Å². The second-order valence-electron chi connectivity index (χ2n) is 5.76. The summed E-state index contributed by atoms with van der Waals surface area (Å²) in [4.78, 5) is 2.55. The Bertz CT molecular complexity index is 643. The first kappa shape index (κ1) is 16.7. The van der Waals surface area contributed by atoms with Gasteiger partial charge in [-0.2, -0.15) is 0 Å². The van der Waals surface area contributed by atoms with Gasteiger partial charge in [0.1, 0.15) is 0 Å². The van der Waals surface area contributed by atoms with Crippen LogP contribution in [-0.2, 0) is 16.3 Å². The lowest BCUT2D eigenvalue weighted by atomic mass is 10.1. The maximum atomic E-state index is 11.8. The van der Waals surface area contributed by atoms with Crippen LogP contribution in [0.1, 0.15) is 29.6 Å². The minimum absolute atomic E-state index is 0.157. The number of thiophene rings is 2. The van der Waals surface area contributed by atoms with E-state index in [2.05, 4.69) is 28.2 Å². The van der Waals surface area contributed by atoms with Crippen LogP contribution in [0.5, 0.6) is 0 Å². The SMILES string of the molecule is CC(C)(CNC(Cc1cccs1)c1cccs1)S(C)(=O)=O. The first-order chi connectivity index (χ1) is 9.79. The van der Waals surface area contributed by atoms with E-state index in [4.69, 9.17) is 0 Å². The highest BCUT2D eigenvalue weighted by Gasteiger charge is 2.31. The Labute approximate surface area is 134 Å². The zero-order chi connectivity index (χ0) is 15.5. The van der Waals surface area contributed by atoms with Gasteiger partial charge in [0.2, 0.25) is 0 Å². The predicted molar refractivity (Wildman–Crippen MR) is 92.0 cm³/mol. The Morgan fingerprint density at radius 2 is 1.86 bits per heavy atom. The van der Waals surface area contributed by atoms with Crippen molar-refractivity contribution >= 4 is 32.5 Å². The first-order valence-electron chi connectivity index (χ1n) is 6.78. The highest BCUT2D eigenvalue weighted by atomic mass is 32.2. The summed E-state index contributed by atoms with van der Waals surface area (Å²) < 4.78 is 22.9. The molecule has 1 N–H and O–H groups in total. The van der Waals surface area contributed by atoms with Crippen LogP contribution in [0.25, 0.3) is 0 Å². The van der Waals surface area contributed by atoms with Gasteiger partial charge >= 0.3 is 0 Å².